The second-order valence-electron chi connectivity index (χ2n) is 3.87. The highest BCUT2D eigenvalue weighted by molar-refractivity contribution is 9.09. The Morgan fingerprint density at radius 1 is 1.25 bits per heavy atom. The molecule has 0 amide bonds. The fourth-order valence-corrected chi connectivity index (χ4v) is 1.39. The predicted molar refractivity (Wildman–Crippen MR) is 58.3 cm³/mol. The Morgan fingerprint density at radius 2 is 1.88 bits per heavy atom. The molecule has 2 nitrogen and oxygen atoms in total. The number of nitrogens with zero attached hydrogens (tertiary/aromatic N) is 2. The lowest BCUT2D eigenvalue weighted by Gasteiger charge is -2.12. The first-order valence-corrected chi connectivity index (χ1v) is 5.76. The van der Waals surface area contributed by atoms with E-state index in [1.165, 1.54) is 6.07 Å². The molecule has 0 aliphatic carbocycles. The summed E-state index contributed by atoms with van der Waals surface area (Å²) in [6.07, 6.45) is -3.85. The van der Waals surface area contributed by atoms with Crippen molar-refractivity contribution in [3.63, 3.8) is 0 Å². The van der Waals surface area contributed by atoms with E-state index in [1.54, 1.807) is 0 Å². The first-order valence-electron chi connectivity index (χ1n) is 4.84. The largest absolute Gasteiger partial charge is 0.435 e. The zero-order valence-corrected chi connectivity index (χ0v) is 10.5. The molecule has 1 atom stereocenters. The van der Waals surface area contributed by atoms with Gasteiger partial charge in [-0.05, 0) is 18.1 Å². The number of aromatic nitrogens is 2. The number of hydrogen-bond acceptors (Lipinski definition) is 2. The second kappa shape index (κ2) is 5.12. The maximum absolute atomic E-state index is 12.2. The van der Waals surface area contributed by atoms with Crippen LogP contribution in [0.5, 0.6) is 0 Å². The molecule has 1 unspecified atom stereocenters. The standard InChI is InChI=1S/C10H12BrF3N2/c1-6(2)8(11)5-7-3-4-9(16-15-7)10(12,13)14/h3-4,6,8H,5H2,1-2H3. The van der Waals surface area contributed by atoms with Crippen molar-refractivity contribution in [2.75, 3.05) is 0 Å². The maximum atomic E-state index is 12.2. The van der Waals surface area contributed by atoms with Crippen LogP contribution in [0.1, 0.15) is 25.2 Å². The maximum Gasteiger partial charge on any atom is 0.435 e. The van der Waals surface area contributed by atoms with E-state index in [9.17, 15) is 13.2 Å². The van der Waals surface area contributed by atoms with Crippen molar-refractivity contribution >= 4 is 15.9 Å². The van der Waals surface area contributed by atoms with Crippen LogP contribution in [0, 0.1) is 5.92 Å². The summed E-state index contributed by atoms with van der Waals surface area (Å²) < 4.78 is 36.6. The van der Waals surface area contributed by atoms with E-state index in [-0.39, 0.29) is 4.83 Å². The van der Waals surface area contributed by atoms with Gasteiger partial charge in [-0.3, -0.25) is 0 Å². The Bertz CT molecular complexity index is 335. The SMILES string of the molecule is CC(C)C(Br)Cc1ccc(C(F)(F)F)nn1. The molecule has 0 bridgehead atoms. The number of rotatable bonds is 3. The normalized spacial score (nSPS) is 14.2. The van der Waals surface area contributed by atoms with Crippen molar-refractivity contribution in [2.45, 2.75) is 31.3 Å². The summed E-state index contributed by atoms with van der Waals surface area (Å²) in [4.78, 5) is 0.193. The second-order valence-corrected chi connectivity index (χ2v) is 5.05. The van der Waals surface area contributed by atoms with E-state index in [1.807, 2.05) is 13.8 Å². The van der Waals surface area contributed by atoms with Gasteiger partial charge in [-0.15, -0.1) is 5.10 Å². The minimum atomic E-state index is -4.42. The Kier molecular flexibility index (Phi) is 4.29. The summed E-state index contributed by atoms with van der Waals surface area (Å²) in [5, 5.41) is 6.73. The smallest absolute Gasteiger partial charge is 0.164 e. The molecule has 0 aromatic carbocycles. The van der Waals surface area contributed by atoms with Gasteiger partial charge in [0.25, 0.3) is 0 Å². The Hall–Kier alpha value is -0.650. The first-order chi connectivity index (χ1) is 7.30. The summed E-state index contributed by atoms with van der Waals surface area (Å²) in [7, 11) is 0. The van der Waals surface area contributed by atoms with E-state index in [0.717, 1.165) is 6.07 Å². The number of halogens is 4. The van der Waals surface area contributed by atoms with E-state index in [2.05, 4.69) is 26.1 Å². The lowest BCUT2D eigenvalue weighted by molar-refractivity contribution is -0.141. The Balaban J connectivity index is 2.72. The highest BCUT2D eigenvalue weighted by Crippen LogP contribution is 2.27. The molecule has 0 saturated carbocycles. The third-order valence-electron chi connectivity index (χ3n) is 2.14. The fraction of sp³-hybridized carbons (Fsp3) is 0.600. The first kappa shape index (κ1) is 13.4. The van der Waals surface area contributed by atoms with Crippen LogP contribution in [-0.4, -0.2) is 15.0 Å². The van der Waals surface area contributed by atoms with Crippen molar-refractivity contribution in [2.24, 2.45) is 5.92 Å². The zero-order chi connectivity index (χ0) is 12.3. The van der Waals surface area contributed by atoms with Crippen molar-refractivity contribution in [3.8, 4) is 0 Å². The fourth-order valence-electron chi connectivity index (χ4n) is 1.06. The molecule has 0 N–H and O–H groups in total. The van der Waals surface area contributed by atoms with E-state index >= 15 is 0 Å². The van der Waals surface area contributed by atoms with Gasteiger partial charge < -0.3 is 0 Å². The molecule has 0 aliphatic rings. The molecule has 1 rings (SSSR count). The molecule has 1 aromatic rings. The highest BCUT2D eigenvalue weighted by atomic mass is 79.9. The van der Waals surface area contributed by atoms with Crippen LogP contribution in [0.25, 0.3) is 0 Å². The van der Waals surface area contributed by atoms with Gasteiger partial charge in [0.05, 0.1) is 5.69 Å². The Morgan fingerprint density at radius 3 is 2.25 bits per heavy atom. The molecular weight excluding hydrogens is 285 g/mol. The Labute approximate surface area is 100 Å². The molecule has 0 aliphatic heterocycles. The van der Waals surface area contributed by atoms with Crippen LogP contribution in [0.15, 0.2) is 12.1 Å². The number of hydrogen-bond donors (Lipinski definition) is 0. The molecule has 90 valence electrons. The molecule has 1 aromatic heterocycles. The molecule has 1 heterocycles. The third-order valence-corrected chi connectivity index (χ3v) is 3.52. The van der Waals surface area contributed by atoms with Crippen molar-refractivity contribution in [1.29, 1.82) is 0 Å². The molecule has 0 saturated heterocycles. The molecule has 6 heteroatoms. The van der Waals surface area contributed by atoms with Crippen LogP contribution < -0.4 is 0 Å². The minimum absolute atomic E-state index is 0.193. The van der Waals surface area contributed by atoms with Crippen LogP contribution in [-0.2, 0) is 12.6 Å². The number of alkyl halides is 4. The van der Waals surface area contributed by atoms with Crippen LogP contribution in [0.4, 0.5) is 13.2 Å². The van der Waals surface area contributed by atoms with Gasteiger partial charge in [0, 0.05) is 11.2 Å². The van der Waals surface area contributed by atoms with Gasteiger partial charge in [-0.25, -0.2) is 0 Å². The minimum Gasteiger partial charge on any atom is -0.164 e. The van der Waals surface area contributed by atoms with E-state index < -0.39 is 11.9 Å². The van der Waals surface area contributed by atoms with Gasteiger partial charge in [0.1, 0.15) is 0 Å². The topological polar surface area (TPSA) is 25.8 Å². The van der Waals surface area contributed by atoms with Crippen LogP contribution in [0.3, 0.4) is 0 Å². The van der Waals surface area contributed by atoms with Gasteiger partial charge in [-0.2, -0.15) is 18.3 Å². The van der Waals surface area contributed by atoms with Crippen molar-refractivity contribution in [1.82, 2.24) is 10.2 Å². The van der Waals surface area contributed by atoms with Gasteiger partial charge in [0.2, 0.25) is 0 Å². The molecule has 0 fully saturated rings. The average Bonchev–Trinajstić information content (AvgIpc) is 2.17. The molecule has 16 heavy (non-hydrogen) atoms. The average molecular weight is 297 g/mol. The van der Waals surface area contributed by atoms with E-state index in [0.29, 0.717) is 18.0 Å². The van der Waals surface area contributed by atoms with Crippen molar-refractivity contribution < 1.29 is 13.2 Å². The summed E-state index contributed by atoms with van der Waals surface area (Å²) in [5.41, 5.74) is -0.393. The summed E-state index contributed by atoms with van der Waals surface area (Å²) in [6, 6.07) is 2.33. The molecular formula is C10H12BrF3N2. The van der Waals surface area contributed by atoms with Gasteiger partial charge in [-0.1, -0.05) is 29.8 Å². The van der Waals surface area contributed by atoms with Crippen LogP contribution >= 0.6 is 15.9 Å². The summed E-state index contributed by atoms with van der Waals surface area (Å²) in [5.74, 6) is 0.393. The predicted octanol–water partition coefficient (Wildman–Crippen LogP) is 3.46. The van der Waals surface area contributed by atoms with Crippen LogP contribution in [0.2, 0.25) is 0 Å². The third kappa shape index (κ3) is 3.73. The zero-order valence-electron chi connectivity index (χ0n) is 8.92. The monoisotopic (exact) mass is 296 g/mol. The van der Waals surface area contributed by atoms with Gasteiger partial charge >= 0.3 is 6.18 Å². The summed E-state index contributed by atoms with van der Waals surface area (Å²) in [6.45, 7) is 4.05. The quantitative estimate of drug-likeness (QED) is 0.799. The lowest BCUT2D eigenvalue weighted by atomic mass is 10.1. The summed E-state index contributed by atoms with van der Waals surface area (Å²) >= 11 is 3.45. The van der Waals surface area contributed by atoms with Gasteiger partial charge in [0.15, 0.2) is 5.69 Å². The molecule has 0 radical (unpaired) electrons. The molecule has 0 spiro atoms. The van der Waals surface area contributed by atoms with E-state index in [4.69, 9.17) is 0 Å². The lowest BCUT2D eigenvalue weighted by Crippen LogP contribution is -2.14. The highest BCUT2D eigenvalue weighted by Gasteiger charge is 2.32. The van der Waals surface area contributed by atoms with Crippen molar-refractivity contribution in [3.05, 3.63) is 23.5 Å².